The lowest BCUT2D eigenvalue weighted by molar-refractivity contribution is 0.306. The second kappa shape index (κ2) is 5.79. The molecule has 0 unspecified atom stereocenters. The molecule has 0 radical (unpaired) electrons. The van der Waals surface area contributed by atoms with E-state index >= 15 is 0 Å². The van der Waals surface area contributed by atoms with Crippen LogP contribution in [0.3, 0.4) is 0 Å². The molecule has 0 bridgehead atoms. The highest BCUT2D eigenvalue weighted by molar-refractivity contribution is 6.74. The molecule has 0 fully saturated rings. The molecular weight excluding hydrogens is 287 g/mol. The maximum Gasteiger partial charge on any atom is 0.509 e. The summed E-state index contributed by atoms with van der Waals surface area (Å²) in [6, 6.07) is 10.9. The Balaban J connectivity index is 2.12. The van der Waals surface area contributed by atoms with E-state index in [-0.39, 0.29) is 12.2 Å². The summed E-state index contributed by atoms with van der Waals surface area (Å²) in [5.74, 6) is 0.395. The second-order valence-electron chi connectivity index (χ2n) is 4.47. The highest BCUT2D eigenvalue weighted by atomic mass is 35.5. The van der Waals surface area contributed by atoms with Gasteiger partial charge in [-0.25, -0.2) is 0 Å². The zero-order chi connectivity index (χ0) is 14.8. The number of aryl methyl sites for hydroxylation is 1. The summed E-state index contributed by atoms with van der Waals surface area (Å²) in [5, 5.41) is 0.569. The summed E-state index contributed by atoms with van der Waals surface area (Å²) in [6.07, 6.45) is 0. The van der Waals surface area contributed by atoms with E-state index in [2.05, 4.69) is 0 Å². The fraction of sp³-hybridized carbons (Fsp3) is 0.143. The molecule has 0 saturated heterocycles. The van der Waals surface area contributed by atoms with Gasteiger partial charge in [0.25, 0.3) is 0 Å². The fourth-order valence-electron chi connectivity index (χ4n) is 1.88. The molecule has 1 nitrogen and oxygen atoms in total. The van der Waals surface area contributed by atoms with Crippen molar-refractivity contribution in [2.75, 3.05) is 0 Å². The molecule has 0 aliphatic carbocycles. The van der Waals surface area contributed by atoms with Gasteiger partial charge >= 0.3 is 6.98 Å². The van der Waals surface area contributed by atoms with Gasteiger partial charge in [-0.1, -0.05) is 41.4 Å². The average molecular weight is 300 g/mol. The van der Waals surface area contributed by atoms with E-state index in [1.165, 1.54) is 19.1 Å². The molecule has 20 heavy (non-hydrogen) atoms. The number of hydrogen-bond donors (Lipinski definition) is 0. The minimum absolute atomic E-state index is 0.161. The van der Waals surface area contributed by atoms with Crippen LogP contribution in [0.2, 0.25) is 5.02 Å². The van der Waals surface area contributed by atoms with Crippen LogP contribution in [0.5, 0.6) is 5.75 Å². The first-order valence-corrected chi connectivity index (χ1v) is 6.42. The summed E-state index contributed by atoms with van der Waals surface area (Å²) in [6.45, 7) is -3.34. The molecule has 0 aliphatic rings. The van der Waals surface area contributed by atoms with Crippen LogP contribution in [0, 0.1) is 6.92 Å². The quantitative estimate of drug-likeness (QED) is 0.766. The van der Waals surface area contributed by atoms with Gasteiger partial charge in [0.2, 0.25) is 0 Å². The van der Waals surface area contributed by atoms with Crippen molar-refractivity contribution in [3.8, 4) is 5.75 Å². The molecule has 0 N–H and O–H groups in total. The van der Waals surface area contributed by atoms with Crippen LogP contribution in [-0.4, -0.2) is 6.98 Å². The molecule has 0 aliphatic heterocycles. The lowest BCUT2D eigenvalue weighted by Crippen LogP contribution is -2.35. The third kappa shape index (κ3) is 3.48. The van der Waals surface area contributed by atoms with E-state index in [9.17, 15) is 12.9 Å². The van der Waals surface area contributed by atoms with Crippen LogP contribution >= 0.6 is 11.6 Å². The monoisotopic (exact) mass is 299 g/mol. The predicted octanol–water partition coefficient (Wildman–Crippen LogP) is 4.28. The van der Waals surface area contributed by atoms with E-state index in [1.807, 2.05) is 12.1 Å². The first kappa shape index (κ1) is 14.8. The zero-order valence-corrected chi connectivity index (χ0v) is 11.5. The van der Waals surface area contributed by atoms with Crippen LogP contribution in [0.1, 0.15) is 11.1 Å². The number of rotatable bonds is 4. The lowest BCUT2D eigenvalue weighted by atomic mass is 9.77. The van der Waals surface area contributed by atoms with Gasteiger partial charge < -0.3 is 17.7 Å². The summed E-state index contributed by atoms with van der Waals surface area (Å²) < 4.78 is 43.5. The van der Waals surface area contributed by atoms with E-state index in [1.54, 1.807) is 12.1 Å². The molecule has 2 aromatic rings. The Morgan fingerprint density at radius 2 is 1.80 bits per heavy atom. The average Bonchev–Trinajstić information content (AvgIpc) is 2.36. The summed E-state index contributed by atoms with van der Waals surface area (Å²) >= 11 is 5.98. The molecule has 0 saturated carbocycles. The molecule has 0 heterocycles. The Morgan fingerprint density at radius 1 is 1.10 bits per heavy atom. The first-order valence-electron chi connectivity index (χ1n) is 6.04. The number of hydrogen-bond acceptors (Lipinski definition) is 1. The summed E-state index contributed by atoms with van der Waals surface area (Å²) in [4.78, 5) is 0. The largest absolute Gasteiger partial charge is 0.509 e. The van der Waals surface area contributed by atoms with Crippen LogP contribution in [-0.2, 0) is 6.61 Å². The summed E-state index contributed by atoms with van der Waals surface area (Å²) in [5.41, 5.74) is 0.361. The van der Waals surface area contributed by atoms with E-state index in [4.69, 9.17) is 16.3 Å². The summed E-state index contributed by atoms with van der Waals surface area (Å²) in [7, 11) is 0. The van der Waals surface area contributed by atoms with Crippen molar-refractivity contribution in [2.45, 2.75) is 13.5 Å². The van der Waals surface area contributed by atoms with Gasteiger partial charge in [0, 0.05) is 10.6 Å². The van der Waals surface area contributed by atoms with Gasteiger partial charge in [0.15, 0.2) is 0 Å². The smallest absolute Gasteiger partial charge is 0.489 e. The van der Waals surface area contributed by atoms with Crippen molar-refractivity contribution in [1.82, 2.24) is 0 Å². The zero-order valence-electron chi connectivity index (χ0n) is 10.7. The Kier molecular flexibility index (Phi) is 4.28. The third-order valence-corrected chi connectivity index (χ3v) is 3.31. The Labute approximate surface area is 120 Å². The number of halogens is 4. The Hall–Kier alpha value is -1.62. The number of ether oxygens (including phenoxy) is 1. The van der Waals surface area contributed by atoms with Gasteiger partial charge in [0.05, 0.1) is 0 Å². The molecule has 106 valence electrons. The molecule has 6 heteroatoms. The van der Waals surface area contributed by atoms with E-state index in [0.717, 1.165) is 11.6 Å². The Morgan fingerprint density at radius 3 is 2.40 bits per heavy atom. The SMILES string of the molecule is Cc1cc(OCc2ccccc2Cl)ccc1[B-](F)(F)F. The van der Waals surface area contributed by atoms with Gasteiger partial charge in [-0.2, -0.15) is 0 Å². The minimum Gasteiger partial charge on any atom is -0.489 e. The maximum atomic E-state index is 12.7. The van der Waals surface area contributed by atoms with Gasteiger partial charge in [0.1, 0.15) is 12.4 Å². The highest BCUT2D eigenvalue weighted by Crippen LogP contribution is 2.20. The highest BCUT2D eigenvalue weighted by Gasteiger charge is 2.27. The third-order valence-electron chi connectivity index (χ3n) is 2.95. The van der Waals surface area contributed by atoms with Crippen molar-refractivity contribution in [3.63, 3.8) is 0 Å². The van der Waals surface area contributed by atoms with Crippen molar-refractivity contribution >= 4 is 24.0 Å². The normalized spacial score (nSPS) is 11.4. The lowest BCUT2D eigenvalue weighted by Gasteiger charge is -2.18. The topological polar surface area (TPSA) is 9.23 Å². The fourth-order valence-corrected chi connectivity index (χ4v) is 2.07. The number of benzene rings is 2. The molecule has 0 amide bonds. The molecule has 0 atom stereocenters. The predicted molar refractivity (Wildman–Crippen MR) is 75.7 cm³/mol. The first-order chi connectivity index (χ1) is 9.38. The maximum absolute atomic E-state index is 12.7. The molecule has 0 aromatic heterocycles. The standard InChI is InChI=1S/C14H12BClF3O/c1-10-8-12(6-7-13(10)15(17,18)19)20-9-11-4-2-3-5-14(11)16/h2-8H,9H2,1H3/q-1. The second-order valence-corrected chi connectivity index (χ2v) is 4.88. The van der Waals surface area contributed by atoms with E-state index < -0.39 is 12.4 Å². The van der Waals surface area contributed by atoms with Crippen molar-refractivity contribution in [1.29, 1.82) is 0 Å². The van der Waals surface area contributed by atoms with Crippen LogP contribution in [0.15, 0.2) is 42.5 Å². The van der Waals surface area contributed by atoms with Gasteiger partial charge in [-0.15, -0.1) is 5.46 Å². The van der Waals surface area contributed by atoms with Crippen LogP contribution in [0.25, 0.3) is 0 Å². The molecular formula is C14H12BClF3O-. The van der Waals surface area contributed by atoms with Crippen molar-refractivity contribution < 1.29 is 17.7 Å². The molecule has 2 rings (SSSR count). The van der Waals surface area contributed by atoms with Gasteiger partial charge in [-0.3, -0.25) is 0 Å². The van der Waals surface area contributed by atoms with Crippen molar-refractivity contribution in [3.05, 3.63) is 58.6 Å². The van der Waals surface area contributed by atoms with Gasteiger partial charge in [-0.05, 0) is 25.1 Å². The van der Waals surface area contributed by atoms with E-state index in [0.29, 0.717) is 10.8 Å². The van der Waals surface area contributed by atoms with Crippen molar-refractivity contribution in [2.24, 2.45) is 0 Å². The Bertz CT molecular complexity index is 614. The molecule has 0 spiro atoms. The van der Waals surface area contributed by atoms with Crippen LogP contribution < -0.4 is 10.2 Å². The molecule has 2 aromatic carbocycles. The minimum atomic E-state index is -4.99. The van der Waals surface area contributed by atoms with Crippen LogP contribution in [0.4, 0.5) is 12.9 Å².